The van der Waals surface area contributed by atoms with Crippen molar-refractivity contribution in [3.63, 3.8) is 0 Å². The molecule has 1 aromatic heterocycles. The van der Waals surface area contributed by atoms with Crippen molar-refractivity contribution in [2.45, 2.75) is 33.1 Å². The van der Waals surface area contributed by atoms with Crippen molar-refractivity contribution < 1.29 is 9.21 Å². The molecule has 0 radical (unpaired) electrons. The van der Waals surface area contributed by atoms with Crippen LogP contribution < -0.4 is 5.32 Å². The predicted molar refractivity (Wildman–Crippen MR) is 106 cm³/mol. The number of hydrogen-bond acceptors (Lipinski definition) is 4. The van der Waals surface area contributed by atoms with E-state index >= 15 is 0 Å². The molecule has 0 atom stereocenters. The molecule has 0 saturated heterocycles. The molecule has 0 spiro atoms. The maximum atomic E-state index is 12.1. The van der Waals surface area contributed by atoms with Crippen LogP contribution >= 0.6 is 0 Å². The molecule has 4 heteroatoms. The number of Topliss-reactive ketones (excluding diaryl/α,β-unsaturated/α-hetero) is 1. The van der Waals surface area contributed by atoms with E-state index < -0.39 is 0 Å². The van der Waals surface area contributed by atoms with Crippen molar-refractivity contribution in [3.8, 4) is 22.8 Å². The van der Waals surface area contributed by atoms with E-state index in [0.29, 0.717) is 17.3 Å². The Hall–Kier alpha value is -2.88. The van der Waals surface area contributed by atoms with E-state index in [-0.39, 0.29) is 11.2 Å². The van der Waals surface area contributed by atoms with Crippen molar-refractivity contribution >= 4 is 11.5 Å². The summed E-state index contributed by atoms with van der Waals surface area (Å²) in [5.74, 6) is 0.859. The van der Waals surface area contributed by atoms with Crippen LogP contribution in [-0.4, -0.2) is 17.8 Å². The number of carbonyl (C=O) groups is 1. The van der Waals surface area contributed by atoms with E-state index in [1.54, 1.807) is 0 Å². The molecule has 1 heterocycles. The molecular formula is C22H24N2O2. The maximum absolute atomic E-state index is 12.1. The number of nitrogens with one attached hydrogen (secondary N) is 1. The number of benzene rings is 2. The predicted octanol–water partition coefficient (Wildman–Crippen LogP) is 5.55. The molecule has 4 nitrogen and oxygen atoms in total. The van der Waals surface area contributed by atoms with E-state index in [4.69, 9.17) is 4.42 Å². The Labute approximate surface area is 154 Å². The molecule has 0 saturated carbocycles. The molecule has 0 fully saturated rings. The zero-order chi connectivity index (χ0) is 18.9. The molecule has 0 aliphatic carbocycles. The highest BCUT2D eigenvalue weighted by Gasteiger charge is 2.20. The second-order valence-corrected chi connectivity index (χ2v) is 7.41. The molecule has 3 aromatic rings. The van der Waals surface area contributed by atoms with Gasteiger partial charge in [0.2, 0.25) is 5.89 Å². The van der Waals surface area contributed by atoms with Gasteiger partial charge in [0, 0.05) is 30.8 Å². The Kier molecular flexibility index (Phi) is 4.68. The van der Waals surface area contributed by atoms with Crippen LogP contribution in [0.25, 0.3) is 22.8 Å². The number of nitrogens with zero attached hydrogens (tertiary/aromatic N) is 1. The zero-order valence-corrected chi connectivity index (χ0v) is 15.9. The number of carbonyl (C=O) groups excluding carboxylic acids is 1. The SMILES string of the molecule is CNc1ccc(-c2oc(-c3ccc(C(C)(C)C)cc3)nc2C(C)=O)cc1. The minimum atomic E-state index is -0.112. The average Bonchev–Trinajstić information content (AvgIpc) is 3.07. The summed E-state index contributed by atoms with van der Waals surface area (Å²) in [6.07, 6.45) is 0. The highest BCUT2D eigenvalue weighted by molar-refractivity contribution is 5.98. The quantitative estimate of drug-likeness (QED) is 0.628. The standard InChI is InChI=1S/C22H24N2O2/c1-14(25)19-20(15-8-12-18(23-5)13-9-15)26-21(24-19)16-6-10-17(11-7-16)22(2,3)4/h6-13,23H,1-5H3. The molecule has 0 aliphatic rings. The zero-order valence-electron chi connectivity index (χ0n) is 15.9. The minimum Gasteiger partial charge on any atom is -0.435 e. The van der Waals surface area contributed by atoms with E-state index in [0.717, 1.165) is 16.8 Å². The molecule has 0 amide bonds. The monoisotopic (exact) mass is 348 g/mol. The fourth-order valence-electron chi connectivity index (χ4n) is 2.78. The van der Waals surface area contributed by atoms with Crippen LogP contribution in [0, 0.1) is 0 Å². The highest BCUT2D eigenvalue weighted by Crippen LogP contribution is 2.32. The molecule has 3 rings (SSSR count). The van der Waals surface area contributed by atoms with Gasteiger partial charge in [0.05, 0.1) is 0 Å². The topological polar surface area (TPSA) is 55.1 Å². The van der Waals surface area contributed by atoms with E-state index in [9.17, 15) is 4.79 Å². The lowest BCUT2D eigenvalue weighted by molar-refractivity contribution is 0.101. The first kappa shape index (κ1) is 17.9. The Balaban J connectivity index is 2.03. The number of anilines is 1. The normalized spacial score (nSPS) is 11.4. The molecule has 134 valence electrons. The van der Waals surface area contributed by atoms with Crippen LogP contribution in [0.2, 0.25) is 0 Å². The van der Waals surface area contributed by atoms with E-state index in [1.165, 1.54) is 12.5 Å². The Morgan fingerprint density at radius 1 is 0.962 bits per heavy atom. The first-order valence-electron chi connectivity index (χ1n) is 8.70. The van der Waals surface area contributed by atoms with Gasteiger partial charge in [-0.05, 0) is 47.4 Å². The van der Waals surface area contributed by atoms with Crippen molar-refractivity contribution in [2.75, 3.05) is 12.4 Å². The van der Waals surface area contributed by atoms with Gasteiger partial charge in [-0.3, -0.25) is 4.79 Å². The number of oxazole rings is 1. The Morgan fingerprint density at radius 3 is 2.04 bits per heavy atom. The van der Waals surface area contributed by atoms with Gasteiger partial charge in [0.25, 0.3) is 0 Å². The molecule has 0 bridgehead atoms. The summed E-state index contributed by atoms with van der Waals surface area (Å²) in [5.41, 5.74) is 4.37. The molecule has 0 aliphatic heterocycles. The molecule has 2 aromatic carbocycles. The van der Waals surface area contributed by atoms with Crippen molar-refractivity contribution in [2.24, 2.45) is 0 Å². The van der Waals surface area contributed by atoms with Crippen LogP contribution in [0.15, 0.2) is 52.9 Å². The fraction of sp³-hybridized carbons (Fsp3) is 0.273. The maximum Gasteiger partial charge on any atom is 0.227 e. The van der Waals surface area contributed by atoms with Crippen LogP contribution in [-0.2, 0) is 5.41 Å². The second kappa shape index (κ2) is 6.79. The number of ketones is 1. The smallest absolute Gasteiger partial charge is 0.227 e. The van der Waals surface area contributed by atoms with E-state index in [2.05, 4.69) is 43.2 Å². The number of rotatable bonds is 4. The van der Waals surface area contributed by atoms with Gasteiger partial charge in [-0.15, -0.1) is 0 Å². The van der Waals surface area contributed by atoms with Gasteiger partial charge < -0.3 is 9.73 Å². The lowest BCUT2D eigenvalue weighted by Crippen LogP contribution is -2.10. The van der Waals surface area contributed by atoms with Crippen LogP contribution in [0.3, 0.4) is 0 Å². The average molecular weight is 348 g/mol. The number of aromatic nitrogens is 1. The third-order valence-corrected chi connectivity index (χ3v) is 4.39. The van der Waals surface area contributed by atoms with Gasteiger partial charge in [0.15, 0.2) is 17.2 Å². The molecular weight excluding hydrogens is 324 g/mol. The summed E-state index contributed by atoms with van der Waals surface area (Å²) < 4.78 is 5.99. The first-order chi connectivity index (χ1) is 12.3. The van der Waals surface area contributed by atoms with Gasteiger partial charge in [0.1, 0.15) is 0 Å². The lowest BCUT2D eigenvalue weighted by atomic mass is 9.87. The molecule has 26 heavy (non-hydrogen) atoms. The third kappa shape index (κ3) is 3.54. The summed E-state index contributed by atoms with van der Waals surface area (Å²) in [6.45, 7) is 8.03. The van der Waals surface area contributed by atoms with Crippen molar-refractivity contribution in [1.82, 2.24) is 4.98 Å². The minimum absolute atomic E-state index is 0.0832. The van der Waals surface area contributed by atoms with Gasteiger partial charge in [-0.1, -0.05) is 32.9 Å². The molecule has 0 unspecified atom stereocenters. The van der Waals surface area contributed by atoms with Crippen LogP contribution in [0.5, 0.6) is 0 Å². The summed E-state index contributed by atoms with van der Waals surface area (Å²) in [6, 6.07) is 15.9. The lowest BCUT2D eigenvalue weighted by Gasteiger charge is -2.18. The van der Waals surface area contributed by atoms with Crippen LogP contribution in [0.1, 0.15) is 43.7 Å². The summed E-state index contributed by atoms with van der Waals surface area (Å²) in [5, 5.41) is 3.08. The number of hydrogen-bond donors (Lipinski definition) is 1. The Morgan fingerprint density at radius 2 is 1.54 bits per heavy atom. The largest absolute Gasteiger partial charge is 0.435 e. The molecule has 1 N–H and O–H groups in total. The third-order valence-electron chi connectivity index (χ3n) is 4.39. The van der Waals surface area contributed by atoms with Crippen LogP contribution in [0.4, 0.5) is 5.69 Å². The van der Waals surface area contributed by atoms with Gasteiger partial charge >= 0.3 is 0 Å². The highest BCUT2D eigenvalue weighted by atomic mass is 16.4. The van der Waals surface area contributed by atoms with Gasteiger partial charge in [-0.25, -0.2) is 4.98 Å². The van der Waals surface area contributed by atoms with E-state index in [1.807, 2.05) is 43.4 Å². The second-order valence-electron chi connectivity index (χ2n) is 7.41. The van der Waals surface area contributed by atoms with Crippen molar-refractivity contribution in [3.05, 3.63) is 59.8 Å². The van der Waals surface area contributed by atoms with Gasteiger partial charge in [-0.2, -0.15) is 0 Å². The van der Waals surface area contributed by atoms with Crippen molar-refractivity contribution in [1.29, 1.82) is 0 Å². The summed E-state index contributed by atoms with van der Waals surface area (Å²) >= 11 is 0. The summed E-state index contributed by atoms with van der Waals surface area (Å²) in [4.78, 5) is 16.5. The summed E-state index contributed by atoms with van der Waals surface area (Å²) in [7, 11) is 1.86. The first-order valence-corrected chi connectivity index (χ1v) is 8.70. The fourth-order valence-corrected chi connectivity index (χ4v) is 2.78. The Bertz CT molecular complexity index is 914.